The fourth-order valence-electron chi connectivity index (χ4n) is 2.21. The summed E-state index contributed by atoms with van der Waals surface area (Å²) in [4.78, 5) is 11.7. The third kappa shape index (κ3) is 5.66. The molecule has 1 fully saturated rings. The van der Waals surface area contributed by atoms with Crippen molar-refractivity contribution in [2.24, 2.45) is 0 Å². The van der Waals surface area contributed by atoms with Crippen molar-refractivity contribution in [2.75, 3.05) is 19.7 Å². The Kier molecular flexibility index (Phi) is 6.59. The second-order valence-electron chi connectivity index (χ2n) is 5.00. The average Bonchev–Trinajstić information content (AvgIpc) is 2.96. The largest absolute Gasteiger partial charge is 0.494 e. The first kappa shape index (κ1) is 15.6. The van der Waals surface area contributed by atoms with Crippen LogP contribution < -0.4 is 15.4 Å². The minimum Gasteiger partial charge on any atom is -0.494 e. The van der Waals surface area contributed by atoms with Gasteiger partial charge in [0.15, 0.2) is 0 Å². The lowest BCUT2D eigenvalue weighted by Gasteiger charge is -2.11. The van der Waals surface area contributed by atoms with Crippen molar-refractivity contribution in [3.63, 3.8) is 0 Å². The molecule has 5 heteroatoms. The molecule has 0 radical (unpaired) electrons. The molecule has 2 rings (SSSR count). The molecule has 0 aromatic heterocycles. The van der Waals surface area contributed by atoms with Gasteiger partial charge in [-0.25, -0.2) is 0 Å². The molecule has 2 N–H and O–H groups in total. The van der Waals surface area contributed by atoms with Gasteiger partial charge in [0.2, 0.25) is 5.91 Å². The van der Waals surface area contributed by atoms with Crippen molar-refractivity contribution >= 4 is 28.5 Å². The fraction of sp³-hybridized carbons (Fsp3) is 0.533. The van der Waals surface area contributed by atoms with E-state index in [0.717, 1.165) is 31.7 Å². The Labute approximate surface area is 133 Å². The van der Waals surface area contributed by atoms with Gasteiger partial charge in [0.1, 0.15) is 5.75 Å². The molecule has 0 saturated carbocycles. The van der Waals surface area contributed by atoms with Crippen molar-refractivity contribution in [1.82, 2.24) is 10.6 Å². The van der Waals surface area contributed by atoms with Gasteiger partial charge in [-0.05, 0) is 72.7 Å². The SMILES string of the molecule is O=C(CCCOc1ccc(I)cc1)NCC1CCCN1. The zero-order chi connectivity index (χ0) is 14.2. The van der Waals surface area contributed by atoms with E-state index >= 15 is 0 Å². The van der Waals surface area contributed by atoms with Crippen LogP contribution in [0.25, 0.3) is 0 Å². The molecule has 1 aliphatic heterocycles. The van der Waals surface area contributed by atoms with E-state index in [1.165, 1.54) is 9.99 Å². The number of halogens is 1. The first-order valence-corrected chi connectivity index (χ1v) is 8.20. The molecule has 1 aliphatic rings. The lowest BCUT2D eigenvalue weighted by molar-refractivity contribution is -0.121. The standard InChI is InChI=1S/C15H21IN2O2/c16-12-5-7-14(8-6-12)20-10-2-4-15(19)18-11-13-3-1-9-17-13/h5-8,13,17H,1-4,9-11H2,(H,18,19). The molecule has 0 aliphatic carbocycles. The molecular formula is C15H21IN2O2. The maximum absolute atomic E-state index is 11.7. The van der Waals surface area contributed by atoms with Crippen LogP contribution in [0.4, 0.5) is 0 Å². The average molecular weight is 388 g/mol. The summed E-state index contributed by atoms with van der Waals surface area (Å²) < 4.78 is 6.78. The first-order valence-electron chi connectivity index (χ1n) is 7.12. The van der Waals surface area contributed by atoms with E-state index < -0.39 is 0 Å². The normalized spacial score (nSPS) is 17.9. The highest BCUT2D eigenvalue weighted by Crippen LogP contribution is 2.13. The Hall–Kier alpha value is -0.820. The molecule has 1 atom stereocenters. The zero-order valence-electron chi connectivity index (χ0n) is 11.5. The Balaban J connectivity index is 1.53. The first-order chi connectivity index (χ1) is 9.74. The van der Waals surface area contributed by atoms with Crippen LogP contribution in [-0.2, 0) is 4.79 Å². The number of rotatable bonds is 7. The smallest absolute Gasteiger partial charge is 0.220 e. The molecule has 1 aromatic rings. The maximum atomic E-state index is 11.7. The summed E-state index contributed by atoms with van der Waals surface area (Å²) in [6.07, 6.45) is 3.65. The van der Waals surface area contributed by atoms with Gasteiger partial charge in [0, 0.05) is 22.6 Å². The number of hydrogen-bond acceptors (Lipinski definition) is 3. The van der Waals surface area contributed by atoms with E-state index in [0.29, 0.717) is 19.1 Å². The summed E-state index contributed by atoms with van der Waals surface area (Å²) in [6, 6.07) is 8.39. The van der Waals surface area contributed by atoms with Crippen LogP contribution in [0.5, 0.6) is 5.75 Å². The maximum Gasteiger partial charge on any atom is 0.220 e. The van der Waals surface area contributed by atoms with Gasteiger partial charge in [-0.3, -0.25) is 4.79 Å². The van der Waals surface area contributed by atoms with Crippen LogP contribution in [0.3, 0.4) is 0 Å². The third-order valence-corrected chi connectivity index (χ3v) is 4.06. The predicted molar refractivity (Wildman–Crippen MR) is 87.9 cm³/mol. The molecular weight excluding hydrogens is 367 g/mol. The Morgan fingerprint density at radius 1 is 1.40 bits per heavy atom. The number of benzene rings is 1. The van der Waals surface area contributed by atoms with E-state index in [9.17, 15) is 4.79 Å². The summed E-state index contributed by atoms with van der Waals surface area (Å²) in [6.45, 7) is 2.40. The van der Waals surface area contributed by atoms with E-state index in [2.05, 4.69) is 33.2 Å². The van der Waals surface area contributed by atoms with Gasteiger partial charge in [0.25, 0.3) is 0 Å². The van der Waals surface area contributed by atoms with Crippen molar-refractivity contribution in [3.8, 4) is 5.75 Å². The van der Waals surface area contributed by atoms with Gasteiger partial charge in [-0.2, -0.15) is 0 Å². The summed E-state index contributed by atoms with van der Waals surface area (Å²) in [5.41, 5.74) is 0. The van der Waals surface area contributed by atoms with Crippen molar-refractivity contribution in [2.45, 2.75) is 31.7 Å². The monoisotopic (exact) mass is 388 g/mol. The number of ether oxygens (including phenoxy) is 1. The Morgan fingerprint density at radius 2 is 2.20 bits per heavy atom. The predicted octanol–water partition coefficient (Wildman–Crippen LogP) is 2.32. The molecule has 1 aromatic carbocycles. The lowest BCUT2D eigenvalue weighted by atomic mass is 10.2. The second-order valence-corrected chi connectivity index (χ2v) is 6.25. The number of hydrogen-bond donors (Lipinski definition) is 2. The second kappa shape index (κ2) is 8.46. The summed E-state index contributed by atoms with van der Waals surface area (Å²) in [5, 5.41) is 6.34. The fourth-order valence-corrected chi connectivity index (χ4v) is 2.57. The molecule has 1 amide bonds. The number of nitrogens with one attached hydrogen (secondary N) is 2. The molecule has 1 heterocycles. The van der Waals surface area contributed by atoms with Crippen LogP contribution in [0, 0.1) is 3.57 Å². The topological polar surface area (TPSA) is 50.4 Å². The Morgan fingerprint density at radius 3 is 2.90 bits per heavy atom. The summed E-state index contributed by atoms with van der Waals surface area (Å²) in [5.74, 6) is 0.978. The Bertz CT molecular complexity index is 416. The molecule has 4 nitrogen and oxygen atoms in total. The molecule has 0 bridgehead atoms. The lowest BCUT2D eigenvalue weighted by Crippen LogP contribution is -2.37. The highest BCUT2D eigenvalue weighted by atomic mass is 127. The van der Waals surface area contributed by atoms with E-state index in [1.54, 1.807) is 0 Å². The summed E-state index contributed by atoms with van der Waals surface area (Å²) >= 11 is 2.26. The minimum atomic E-state index is 0.116. The van der Waals surface area contributed by atoms with Crippen LogP contribution >= 0.6 is 22.6 Å². The molecule has 0 spiro atoms. The van der Waals surface area contributed by atoms with E-state index in [1.807, 2.05) is 24.3 Å². The zero-order valence-corrected chi connectivity index (χ0v) is 13.7. The number of carbonyl (C=O) groups is 1. The number of amides is 1. The molecule has 20 heavy (non-hydrogen) atoms. The van der Waals surface area contributed by atoms with E-state index in [4.69, 9.17) is 4.74 Å². The van der Waals surface area contributed by atoms with Gasteiger partial charge in [-0.1, -0.05) is 0 Å². The van der Waals surface area contributed by atoms with Crippen LogP contribution in [0.15, 0.2) is 24.3 Å². The third-order valence-electron chi connectivity index (χ3n) is 3.34. The van der Waals surface area contributed by atoms with Crippen molar-refractivity contribution in [1.29, 1.82) is 0 Å². The van der Waals surface area contributed by atoms with Gasteiger partial charge in [0.05, 0.1) is 6.61 Å². The highest BCUT2D eigenvalue weighted by molar-refractivity contribution is 14.1. The van der Waals surface area contributed by atoms with E-state index in [-0.39, 0.29) is 5.91 Å². The molecule has 1 saturated heterocycles. The minimum absolute atomic E-state index is 0.116. The number of carbonyl (C=O) groups excluding carboxylic acids is 1. The van der Waals surface area contributed by atoms with Crippen LogP contribution in [-0.4, -0.2) is 31.6 Å². The quantitative estimate of drug-likeness (QED) is 0.557. The van der Waals surface area contributed by atoms with Gasteiger partial charge in [-0.15, -0.1) is 0 Å². The van der Waals surface area contributed by atoms with Crippen molar-refractivity contribution in [3.05, 3.63) is 27.8 Å². The van der Waals surface area contributed by atoms with Gasteiger partial charge >= 0.3 is 0 Å². The molecule has 1 unspecified atom stereocenters. The highest BCUT2D eigenvalue weighted by Gasteiger charge is 2.14. The van der Waals surface area contributed by atoms with Crippen LogP contribution in [0.1, 0.15) is 25.7 Å². The van der Waals surface area contributed by atoms with Gasteiger partial charge < -0.3 is 15.4 Å². The summed E-state index contributed by atoms with van der Waals surface area (Å²) in [7, 11) is 0. The molecule has 110 valence electrons. The van der Waals surface area contributed by atoms with Crippen molar-refractivity contribution < 1.29 is 9.53 Å². The van der Waals surface area contributed by atoms with Crippen LogP contribution in [0.2, 0.25) is 0 Å².